The van der Waals surface area contributed by atoms with Gasteiger partial charge in [0.15, 0.2) is 0 Å². The van der Waals surface area contributed by atoms with Crippen LogP contribution in [0.3, 0.4) is 0 Å². The van der Waals surface area contributed by atoms with E-state index in [9.17, 15) is 4.79 Å². The van der Waals surface area contributed by atoms with Crippen LogP contribution in [0, 0.1) is 0 Å². The van der Waals surface area contributed by atoms with Gasteiger partial charge in [-0.15, -0.1) is 11.3 Å². The van der Waals surface area contributed by atoms with E-state index in [1.807, 2.05) is 54.8 Å². The molecule has 0 saturated carbocycles. The number of fused-ring (bicyclic) bond motifs is 1. The van der Waals surface area contributed by atoms with Crippen LogP contribution in [0.5, 0.6) is 0 Å². The molecule has 4 aromatic rings. The van der Waals surface area contributed by atoms with Gasteiger partial charge >= 0.3 is 6.03 Å². The van der Waals surface area contributed by atoms with Crippen molar-refractivity contribution in [2.24, 2.45) is 0 Å². The van der Waals surface area contributed by atoms with E-state index in [-0.39, 0.29) is 6.03 Å². The Morgan fingerprint density at radius 3 is 2.74 bits per heavy atom. The molecule has 1 unspecified atom stereocenters. The molecule has 0 bridgehead atoms. The van der Waals surface area contributed by atoms with Gasteiger partial charge in [0, 0.05) is 10.7 Å². The largest absolute Gasteiger partial charge is 0.334 e. The second-order valence-electron chi connectivity index (χ2n) is 8.48. The molecule has 0 fully saturated rings. The lowest BCUT2D eigenvalue weighted by molar-refractivity contribution is 0.244. The standard InChI is InChI=1S/C26H21ClN4O2S/c1-15-22(25-29-24(30-33-25)21-6-3-13-34-21)23(17-7-10-19(27)11-8-17)28-26(32)31(15)20-12-9-16-4-2-5-18(16)14-20/h3,6-14,23H,2,4-5H2,1H3,(H,28,32). The lowest BCUT2D eigenvalue weighted by Crippen LogP contribution is -2.46. The highest BCUT2D eigenvalue weighted by atomic mass is 35.5. The second-order valence-corrected chi connectivity index (χ2v) is 9.86. The summed E-state index contributed by atoms with van der Waals surface area (Å²) in [4.78, 5) is 20.7. The fourth-order valence-corrected chi connectivity index (χ4v) is 5.55. The highest BCUT2D eigenvalue weighted by molar-refractivity contribution is 7.13. The quantitative estimate of drug-likeness (QED) is 0.349. The molecule has 2 aliphatic rings. The smallest absolute Gasteiger partial charge is 0.326 e. The summed E-state index contributed by atoms with van der Waals surface area (Å²) in [6.45, 7) is 1.93. The van der Waals surface area contributed by atoms with Gasteiger partial charge in [-0.25, -0.2) is 4.79 Å². The van der Waals surface area contributed by atoms with E-state index in [1.54, 1.807) is 16.2 Å². The Hall–Kier alpha value is -3.42. The van der Waals surface area contributed by atoms with Crippen LogP contribution in [0.15, 0.2) is 70.2 Å². The number of allylic oxidation sites excluding steroid dienone is 1. The molecule has 34 heavy (non-hydrogen) atoms. The number of aryl methyl sites for hydroxylation is 2. The average molecular weight is 489 g/mol. The van der Waals surface area contributed by atoms with E-state index < -0.39 is 6.04 Å². The summed E-state index contributed by atoms with van der Waals surface area (Å²) in [5.41, 5.74) is 5.90. The van der Waals surface area contributed by atoms with Gasteiger partial charge in [0.1, 0.15) is 0 Å². The minimum absolute atomic E-state index is 0.197. The zero-order valence-corrected chi connectivity index (χ0v) is 20.0. The molecule has 3 heterocycles. The van der Waals surface area contributed by atoms with Crippen LogP contribution in [-0.4, -0.2) is 16.2 Å². The molecule has 1 aliphatic carbocycles. The van der Waals surface area contributed by atoms with Crippen molar-refractivity contribution in [3.63, 3.8) is 0 Å². The van der Waals surface area contributed by atoms with E-state index in [0.717, 1.165) is 46.7 Å². The summed E-state index contributed by atoms with van der Waals surface area (Å²) < 4.78 is 5.75. The molecule has 0 radical (unpaired) electrons. The highest BCUT2D eigenvalue weighted by Gasteiger charge is 2.36. The summed E-state index contributed by atoms with van der Waals surface area (Å²) in [7, 11) is 0. The Balaban J connectivity index is 1.49. The van der Waals surface area contributed by atoms with Gasteiger partial charge < -0.3 is 9.84 Å². The molecule has 1 N–H and O–H groups in total. The molecule has 2 aromatic carbocycles. The van der Waals surface area contributed by atoms with E-state index in [1.165, 1.54) is 11.1 Å². The third kappa shape index (κ3) is 3.61. The fraction of sp³-hybridized carbons (Fsp3) is 0.192. The first kappa shape index (κ1) is 21.1. The first-order valence-electron chi connectivity index (χ1n) is 11.1. The maximum absolute atomic E-state index is 13.4. The summed E-state index contributed by atoms with van der Waals surface area (Å²) in [5.74, 6) is 0.910. The maximum Gasteiger partial charge on any atom is 0.326 e. The van der Waals surface area contributed by atoms with Crippen molar-refractivity contribution in [2.45, 2.75) is 32.2 Å². The Labute approximate surface area is 205 Å². The molecule has 2 amide bonds. The molecule has 170 valence electrons. The van der Waals surface area contributed by atoms with Gasteiger partial charge in [-0.3, -0.25) is 4.90 Å². The predicted octanol–water partition coefficient (Wildman–Crippen LogP) is 6.64. The second kappa shape index (κ2) is 8.42. The van der Waals surface area contributed by atoms with Gasteiger partial charge in [-0.1, -0.05) is 41.0 Å². The molecule has 8 heteroatoms. The van der Waals surface area contributed by atoms with Gasteiger partial charge in [0.25, 0.3) is 5.89 Å². The Bertz CT molecular complexity index is 1410. The molecule has 6 nitrogen and oxygen atoms in total. The summed E-state index contributed by atoms with van der Waals surface area (Å²) in [6.07, 6.45) is 3.28. The molecule has 6 rings (SSSR count). The molecular weight excluding hydrogens is 468 g/mol. The number of nitrogens with one attached hydrogen (secondary N) is 1. The van der Waals surface area contributed by atoms with E-state index in [2.05, 4.69) is 22.6 Å². The van der Waals surface area contributed by atoms with Crippen molar-refractivity contribution >= 4 is 40.2 Å². The van der Waals surface area contributed by atoms with Gasteiger partial charge in [-0.05, 0) is 78.6 Å². The molecule has 1 aliphatic heterocycles. The first-order valence-corrected chi connectivity index (χ1v) is 12.4. The Morgan fingerprint density at radius 1 is 1.12 bits per heavy atom. The molecular formula is C26H21ClN4O2S. The molecule has 0 spiro atoms. The lowest BCUT2D eigenvalue weighted by atomic mass is 9.94. The monoisotopic (exact) mass is 488 g/mol. The number of urea groups is 1. The summed E-state index contributed by atoms with van der Waals surface area (Å²) >= 11 is 7.67. The number of nitrogens with zero attached hydrogens (tertiary/aromatic N) is 3. The zero-order valence-electron chi connectivity index (χ0n) is 18.4. The van der Waals surface area contributed by atoms with E-state index >= 15 is 0 Å². The van der Waals surface area contributed by atoms with Gasteiger partial charge in [0.05, 0.1) is 22.2 Å². The van der Waals surface area contributed by atoms with Crippen LogP contribution in [-0.2, 0) is 12.8 Å². The fourth-order valence-electron chi connectivity index (χ4n) is 4.77. The van der Waals surface area contributed by atoms with Crippen molar-refractivity contribution in [3.8, 4) is 10.7 Å². The number of benzene rings is 2. The number of hydrogen-bond donors (Lipinski definition) is 1. The number of hydrogen-bond acceptors (Lipinski definition) is 5. The van der Waals surface area contributed by atoms with Crippen LogP contribution >= 0.6 is 22.9 Å². The van der Waals surface area contributed by atoms with Crippen LogP contribution in [0.2, 0.25) is 5.02 Å². The summed E-state index contributed by atoms with van der Waals surface area (Å²) in [5, 5.41) is 9.97. The van der Waals surface area contributed by atoms with E-state index in [0.29, 0.717) is 16.7 Å². The Morgan fingerprint density at radius 2 is 1.94 bits per heavy atom. The number of rotatable bonds is 4. The maximum atomic E-state index is 13.4. The number of halogens is 1. The van der Waals surface area contributed by atoms with Crippen molar-refractivity contribution in [3.05, 3.63) is 93.3 Å². The molecule has 2 aromatic heterocycles. The van der Waals surface area contributed by atoms with Gasteiger partial charge in [-0.2, -0.15) is 4.98 Å². The third-order valence-corrected chi connectivity index (χ3v) is 7.54. The number of carbonyl (C=O) groups is 1. The Kier molecular flexibility index (Phi) is 5.23. The van der Waals surface area contributed by atoms with Crippen LogP contribution in [0.1, 0.15) is 42.0 Å². The van der Waals surface area contributed by atoms with Crippen LogP contribution in [0.25, 0.3) is 16.3 Å². The van der Waals surface area contributed by atoms with Crippen molar-refractivity contribution < 1.29 is 9.32 Å². The number of carbonyl (C=O) groups excluding carboxylic acids is 1. The first-order chi connectivity index (χ1) is 16.6. The SMILES string of the molecule is CC1=C(c2nc(-c3cccs3)no2)C(c2ccc(Cl)cc2)NC(=O)N1c1ccc2c(c1)CCC2. The van der Waals surface area contributed by atoms with Crippen molar-refractivity contribution in [1.29, 1.82) is 0 Å². The van der Waals surface area contributed by atoms with Crippen molar-refractivity contribution in [2.75, 3.05) is 4.90 Å². The van der Waals surface area contributed by atoms with Crippen LogP contribution < -0.4 is 10.2 Å². The van der Waals surface area contributed by atoms with Crippen molar-refractivity contribution in [1.82, 2.24) is 15.5 Å². The van der Waals surface area contributed by atoms with Crippen LogP contribution in [0.4, 0.5) is 10.5 Å². The zero-order chi connectivity index (χ0) is 23.2. The average Bonchev–Trinajstić information content (AvgIpc) is 3.60. The predicted molar refractivity (Wildman–Crippen MR) is 134 cm³/mol. The van der Waals surface area contributed by atoms with Gasteiger partial charge in [0.2, 0.25) is 5.82 Å². The highest BCUT2D eigenvalue weighted by Crippen LogP contribution is 2.40. The summed E-state index contributed by atoms with van der Waals surface area (Å²) in [6, 6.07) is 17.0. The minimum Gasteiger partial charge on any atom is -0.334 e. The number of aromatic nitrogens is 2. The molecule has 0 saturated heterocycles. The number of anilines is 1. The topological polar surface area (TPSA) is 71.3 Å². The number of amides is 2. The molecule has 1 atom stereocenters. The minimum atomic E-state index is -0.452. The lowest BCUT2D eigenvalue weighted by Gasteiger charge is -2.35. The third-order valence-electron chi connectivity index (χ3n) is 6.43. The number of thiophene rings is 1. The van der Waals surface area contributed by atoms with E-state index in [4.69, 9.17) is 21.1 Å². The normalized spacial score (nSPS) is 17.8.